The number of anilines is 1. The molecule has 116 valence electrons. The van der Waals surface area contributed by atoms with Crippen molar-refractivity contribution in [2.75, 3.05) is 11.9 Å². The summed E-state index contributed by atoms with van der Waals surface area (Å²) >= 11 is 0. The third-order valence-electron chi connectivity index (χ3n) is 3.39. The number of benzene rings is 1. The van der Waals surface area contributed by atoms with Gasteiger partial charge in [0.05, 0.1) is 16.6 Å². The van der Waals surface area contributed by atoms with Gasteiger partial charge in [-0.3, -0.25) is 10.1 Å². The van der Waals surface area contributed by atoms with E-state index in [9.17, 15) is 19.3 Å². The molecule has 1 aromatic rings. The van der Waals surface area contributed by atoms with Crippen molar-refractivity contribution in [3.8, 4) is 0 Å². The lowest BCUT2D eigenvalue weighted by atomic mass is 9.94. The number of hydrogen-bond acceptors (Lipinski definition) is 5. The van der Waals surface area contributed by atoms with Crippen LogP contribution in [0.5, 0.6) is 0 Å². The minimum Gasteiger partial charge on any atom is -0.478 e. The highest BCUT2D eigenvalue weighted by atomic mass is 19.1. The van der Waals surface area contributed by atoms with Gasteiger partial charge in [-0.25, -0.2) is 9.18 Å². The van der Waals surface area contributed by atoms with E-state index >= 15 is 0 Å². The Hall–Kier alpha value is -2.22. The van der Waals surface area contributed by atoms with Crippen molar-refractivity contribution in [2.24, 2.45) is 0 Å². The lowest BCUT2D eigenvalue weighted by Crippen LogP contribution is -2.35. The Kier molecular flexibility index (Phi) is 5.20. The third-order valence-corrected chi connectivity index (χ3v) is 3.39. The van der Waals surface area contributed by atoms with Gasteiger partial charge in [0.2, 0.25) is 0 Å². The summed E-state index contributed by atoms with van der Waals surface area (Å²) in [6, 6.07) is 1.49. The second-order valence-corrected chi connectivity index (χ2v) is 4.92. The van der Waals surface area contributed by atoms with E-state index in [4.69, 9.17) is 10.2 Å². The molecule has 0 saturated heterocycles. The van der Waals surface area contributed by atoms with E-state index in [0.717, 1.165) is 6.07 Å². The number of nitro benzene ring substituents is 1. The van der Waals surface area contributed by atoms with Crippen LogP contribution in [0.2, 0.25) is 0 Å². The van der Waals surface area contributed by atoms with E-state index in [1.165, 1.54) is 0 Å². The molecule has 0 saturated carbocycles. The first-order valence-corrected chi connectivity index (χ1v) is 6.34. The van der Waals surface area contributed by atoms with Gasteiger partial charge in [-0.15, -0.1) is 0 Å². The number of nitro groups is 1. The van der Waals surface area contributed by atoms with Crippen LogP contribution < -0.4 is 5.32 Å². The zero-order valence-electron chi connectivity index (χ0n) is 11.7. The maximum absolute atomic E-state index is 13.6. The van der Waals surface area contributed by atoms with Crippen LogP contribution in [0.25, 0.3) is 0 Å². The molecule has 1 unspecified atom stereocenters. The van der Waals surface area contributed by atoms with Gasteiger partial charge in [-0.1, -0.05) is 6.92 Å². The van der Waals surface area contributed by atoms with E-state index < -0.39 is 33.5 Å². The van der Waals surface area contributed by atoms with Crippen molar-refractivity contribution in [1.82, 2.24) is 0 Å². The molecule has 0 bridgehead atoms. The van der Waals surface area contributed by atoms with Crippen LogP contribution in [0.15, 0.2) is 12.1 Å². The fraction of sp³-hybridized carbons (Fsp3) is 0.462. The maximum atomic E-state index is 13.6. The van der Waals surface area contributed by atoms with E-state index in [-0.39, 0.29) is 12.3 Å². The molecule has 0 fully saturated rings. The summed E-state index contributed by atoms with van der Waals surface area (Å²) in [5.74, 6) is -2.68. The first-order valence-electron chi connectivity index (χ1n) is 6.34. The van der Waals surface area contributed by atoms with Crippen molar-refractivity contribution in [1.29, 1.82) is 0 Å². The summed E-state index contributed by atoms with van der Waals surface area (Å²) in [6.45, 7) is 3.41. The molecule has 0 aliphatic heterocycles. The fourth-order valence-electron chi connectivity index (χ4n) is 1.88. The van der Waals surface area contributed by atoms with Crippen molar-refractivity contribution in [3.63, 3.8) is 0 Å². The van der Waals surface area contributed by atoms with Gasteiger partial charge in [0.25, 0.3) is 5.69 Å². The highest BCUT2D eigenvalue weighted by molar-refractivity contribution is 5.90. The van der Waals surface area contributed by atoms with Crippen LogP contribution >= 0.6 is 0 Å². The summed E-state index contributed by atoms with van der Waals surface area (Å²) < 4.78 is 13.6. The quantitative estimate of drug-likeness (QED) is 0.526. The molecule has 1 atom stereocenters. The SMILES string of the molecule is CCC(C)(CCO)Nc1cc(C(=O)O)c(F)cc1[N+](=O)[O-]. The Morgan fingerprint density at radius 1 is 1.52 bits per heavy atom. The highest BCUT2D eigenvalue weighted by Crippen LogP contribution is 2.32. The molecule has 0 aromatic heterocycles. The molecule has 0 spiro atoms. The second kappa shape index (κ2) is 6.49. The van der Waals surface area contributed by atoms with Crippen LogP contribution in [0, 0.1) is 15.9 Å². The Balaban J connectivity index is 3.34. The summed E-state index contributed by atoms with van der Waals surface area (Å²) in [5.41, 5.74) is -1.95. The van der Waals surface area contributed by atoms with E-state index in [2.05, 4.69) is 5.32 Å². The summed E-state index contributed by atoms with van der Waals surface area (Å²) in [6.07, 6.45) is 0.838. The van der Waals surface area contributed by atoms with Crippen molar-refractivity contribution in [2.45, 2.75) is 32.2 Å². The summed E-state index contributed by atoms with van der Waals surface area (Å²) in [5, 5.41) is 31.8. The van der Waals surface area contributed by atoms with Crippen molar-refractivity contribution >= 4 is 17.3 Å². The topological polar surface area (TPSA) is 113 Å². The molecule has 0 radical (unpaired) electrons. The average Bonchev–Trinajstić information content (AvgIpc) is 2.40. The van der Waals surface area contributed by atoms with Gasteiger partial charge in [0.1, 0.15) is 11.5 Å². The van der Waals surface area contributed by atoms with Gasteiger partial charge in [0.15, 0.2) is 0 Å². The summed E-state index contributed by atoms with van der Waals surface area (Å²) in [4.78, 5) is 21.1. The molecular weight excluding hydrogens is 283 g/mol. The van der Waals surface area contributed by atoms with Crippen LogP contribution in [-0.2, 0) is 0 Å². The first kappa shape index (κ1) is 16.8. The van der Waals surface area contributed by atoms with Gasteiger partial charge >= 0.3 is 5.97 Å². The van der Waals surface area contributed by atoms with E-state index in [1.807, 2.05) is 6.92 Å². The molecule has 7 nitrogen and oxygen atoms in total. The van der Waals surface area contributed by atoms with E-state index in [1.54, 1.807) is 6.92 Å². The van der Waals surface area contributed by atoms with Crippen LogP contribution in [0.1, 0.15) is 37.0 Å². The zero-order valence-corrected chi connectivity index (χ0v) is 11.7. The third kappa shape index (κ3) is 3.88. The number of carboxylic acids is 1. The van der Waals surface area contributed by atoms with Gasteiger partial charge in [-0.05, 0) is 25.8 Å². The second-order valence-electron chi connectivity index (χ2n) is 4.92. The average molecular weight is 300 g/mol. The Bertz CT molecular complexity index is 564. The number of halogens is 1. The Morgan fingerprint density at radius 3 is 2.57 bits per heavy atom. The van der Waals surface area contributed by atoms with Crippen LogP contribution in [-0.4, -0.2) is 33.3 Å². The number of nitrogens with zero attached hydrogens (tertiary/aromatic N) is 1. The largest absolute Gasteiger partial charge is 0.478 e. The summed E-state index contributed by atoms with van der Waals surface area (Å²) in [7, 11) is 0. The van der Waals surface area contributed by atoms with Crippen LogP contribution in [0.3, 0.4) is 0 Å². The number of carboxylic acid groups (broad SMARTS) is 1. The number of aliphatic hydroxyl groups is 1. The lowest BCUT2D eigenvalue weighted by Gasteiger charge is -2.30. The molecule has 21 heavy (non-hydrogen) atoms. The Morgan fingerprint density at radius 2 is 2.14 bits per heavy atom. The van der Waals surface area contributed by atoms with Gasteiger partial charge < -0.3 is 15.5 Å². The minimum atomic E-state index is -1.51. The predicted molar refractivity (Wildman–Crippen MR) is 74.0 cm³/mol. The maximum Gasteiger partial charge on any atom is 0.338 e. The predicted octanol–water partition coefficient (Wildman–Crippen LogP) is 2.40. The van der Waals surface area contributed by atoms with Crippen molar-refractivity contribution < 1.29 is 24.3 Å². The van der Waals surface area contributed by atoms with Gasteiger partial charge in [0, 0.05) is 12.1 Å². The molecule has 1 rings (SSSR count). The first-order chi connectivity index (χ1) is 9.74. The highest BCUT2D eigenvalue weighted by Gasteiger charge is 2.27. The van der Waals surface area contributed by atoms with Crippen LogP contribution in [0.4, 0.5) is 15.8 Å². The van der Waals surface area contributed by atoms with Crippen molar-refractivity contribution in [3.05, 3.63) is 33.6 Å². The lowest BCUT2D eigenvalue weighted by molar-refractivity contribution is -0.384. The number of rotatable bonds is 7. The number of aliphatic hydroxyl groups excluding tert-OH is 1. The normalized spacial score (nSPS) is 13.5. The minimum absolute atomic E-state index is 0.0865. The number of nitrogens with one attached hydrogen (secondary N) is 1. The number of aromatic carboxylic acids is 1. The monoisotopic (exact) mass is 300 g/mol. The molecule has 8 heteroatoms. The molecule has 0 aliphatic carbocycles. The molecular formula is C13H17FN2O5. The number of carbonyl (C=O) groups is 1. The molecule has 3 N–H and O–H groups in total. The fourth-order valence-corrected chi connectivity index (χ4v) is 1.88. The zero-order chi connectivity index (χ0) is 16.2. The van der Waals surface area contributed by atoms with E-state index in [0.29, 0.717) is 18.9 Å². The smallest absolute Gasteiger partial charge is 0.338 e. The standard InChI is InChI=1S/C13H17FN2O5/c1-3-13(2,4-5-17)15-10-6-8(12(18)19)9(14)7-11(10)16(20)21/h6-7,15,17H,3-5H2,1-2H3,(H,18,19). The molecule has 0 heterocycles. The van der Waals surface area contributed by atoms with Gasteiger partial charge in [-0.2, -0.15) is 0 Å². The molecule has 0 amide bonds. The molecule has 0 aliphatic rings. The molecule has 1 aromatic carbocycles. The number of hydrogen-bond donors (Lipinski definition) is 3. The Labute approximate surface area is 120 Å².